The third-order valence-electron chi connectivity index (χ3n) is 2.15. The van der Waals surface area contributed by atoms with Gasteiger partial charge in [-0.05, 0) is 12.8 Å². The van der Waals surface area contributed by atoms with Gasteiger partial charge in [-0.2, -0.15) is 0 Å². The maximum Gasteiger partial charge on any atom is 0.319 e. The van der Waals surface area contributed by atoms with E-state index in [1.54, 1.807) is 4.90 Å². The second-order valence-electron chi connectivity index (χ2n) is 3.26. The van der Waals surface area contributed by atoms with Crippen molar-refractivity contribution >= 4 is 23.2 Å². The summed E-state index contributed by atoms with van der Waals surface area (Å²) in [5, 5.41) is 0. The van der Waals surface area contributed by atoms with Gasteiger partial charge in [-0.25, -0.2) is 4.79 Å². The zero-order chi connectivity index (χ0) is 9.84. The van der Waals surface area contributed by atoms with Crippen molar-refractivity contribution in [2.75, 3.05) is 26.7 Å². The van der Waals surface area contributed by atoms with Crippen LogP contribution in [0.5, 0.6) is 0 Å². The van der Waals surface area contributed by atoms with Crippen molar-refractivity contribution in [1.82, 2.24) is 9.80 Å². The molecule has 1 saturated heterocycles. The van der Waals surface area contributed by atoms with Crippen molar-refractivity contribution in [3.05, 3.63) is 0 Å². The molecule has 0 aromatic carbocycles. The van der Waals surface area contributed by atoms with Crippen molar-refractivity contribution in [1.29, 1.82) is 0 Å². The normalized spacial score (nSPS) is 16.8. The summed E-state index contributed by atoms with van der Waals surface area (Å²) in [6.07, 6.45) is 1.59. The maximum atomic E-state index is 11.4. The van der Waals surface area contributed by atoms with Crippen molar-refractivity contribution in [2.45, 2.75) is 12.8 Å². The van der Waals surface area contributed by atoms with E-state index in [1.165, 1.54) is 0 Å². The number of nitrogens with zero attached hydrogens (tertiary/aromatic N) is 2. The second kappa shape index (κ2) is 4.41. The Kier molecular flexibility index (Phi) is 3.48. The van der Waals surface area contributed by atoms with Crippen molar-refractivity contribution < 1.29 is 4.79 Å². The van der Waals surface area contributed by atoms with Gasteiger partial charge in [-0.1, -0.05) is 12.2 Å². The number of likely N-dealkylation sites (N-methyl/N-ethyl adjacent to an activating group) is 1. The predicted octanol–water partition coefficient (Wildman–Crippen LogP) is 0.420. The molecule has 0 bridgehead atoms. The minimum absolute atomic E-state index is 0.114. The van der Waals surface area contributed by atoms with Gasteiger partial charge < -0.3 is 15.5 Å². The van der Waals surface area contributed by atoms with Crippen LogP contribution >= 0.6 is 12.2 Å². The average molecular weight is 201 g/mol. The van der Waals surface area contributed by atoms with Gasteiger partial charge in [0.25, 0.3) is 0 Å². The van der Waals surface area contributed by atoms with E-state index in [4.69, 9.17) is 18.0 Å². The van der Waals surface area contributed by atoms with E-state index < -0.39 is 0 Å². The predicted molar refractivity (Wildman–Crippen MR) is 55.6 cm³/mol. The topological polar surface area (TPSA) is 49.6 Å². The molecule has 74 valence electrons. The van der Waals surface area contributed by atoms with Crippen LogP contribution in [0.1, 0.15) is 12.8 Å². The van der Waals surface area contributed by atoms with E-state index in [1.807, 2.05) is 11.9 Å². The van der Waals surface area contributed by atoms with E-state index in [-0.39, 0.29) is 6.03 Å². The van der Waals surface area contributed by atoms with Gasteiger partial charge in [0, 0.05) is 26.7 Å². The lowest BCUT2D eigenvalue weighted by Gasteiger charge is -2.15. The molecule has 0 saturated carbocycles. The first-order chi connectivity index (χ1) is 6.11. The summed E-state index contributed by atoms with van der Waals surface area (Å²) in [5.74, 6) is 0. The Labute approximate surface area is 83.7 Å². The lowest BCUT2D eigenvalue weighted by atomic mass is 10.3. The molecule has 0 aromatic rings. The highest BCUT2D eigenvalue weighted by Crippen LogP contribution is 2.07. The molecule has 0 spiro atoms. The first kappa shape index (κ1) is 10.2. The van der Waals surface area contributed by atoms with E-state index in [2.05, 4.69) is 0 Å². The summed E-state index contributed by atoms with van der Waals surface area (Å²) in [5.41, 5.74) is 5.36. The second-order valence-corrected chi connectivity index (χ2v) is 3.79. The van der Waals surface area contributed by atoms with Crippen molar-refractivity contribution in [3.8, 4) is 0 Å². The van der Waals surface area contributed by atoms with Gasteiger partial charge in [0.2, 0.25) is 0 Å². The zero-order valence-corrected chi connectivity index (χ0v) is 8.64. The van der Waals surface area contributed by atoms with E-state index in [0.29, 0.717) is 4.99 Å². The van der Waals surface area contributed by atoms with Crippen LogP contribution in [0.2, 0.25) is 0 Å². The van der Waals surface area contributed by atoms with Crippen LogP contribution < -0.4 is 5.73 Å². The van der Waals surface area contributed by atoms with Crippen LogP contribution in [0.15, 0.2) is 0 Å². The summed E-state index contributed by atoms with van der Waals surface area (Å²) in [6.45, 7) is 2.42. The molecule has 2 amide bonds. The molecule has 0 radical (unpaired) electrons. The third-order valence-corrected chi connectivity index (χ3v) is 2.36. The highest BCUT2D eigenvalue weighted by atomic mass is 32.1. The minimum Gasteiger partial charge on any atom is -0.393 e. The number of carbonyl (C=O) groups excluding carboxylic acids is 1. The molecule has 1 fully saturated rings. The highest BCUT2D eigenvalue weighted by molar-refractivity contribution is 7.80. The SMILES string of the molecule is CN1CCN(CCCC(N)=S)C1=O. The quantitative estimate of drug-likeness (QED) is 0.671. The summed E-state index contributed by atoms with van der Waals surface area (Å²) >= 11 is 4.75. The minimum atomic E-state index is 0.114. The van der Waals surface area contributed by atoms with Crippen molar-refractivity contribution in [3.63, 3.8) is 0 Å². The number of hydrogen-bond donors (Lipinski definition) is 1. The summed E-state index contributed by atoms with van der Waals surface area (Å²) < 4.78 is 0. The fourth-order valence-electron chi connectivity index (χ4n) is 1.36. The molecule has 5 heteroatoms. The molecule has 2 N–H and O–H groups in total. The Morgan fingerprint density at radius 2 is 2.31 bits per heavy atom. The molecule has 1 rings (SSSR count). The van der Waals surface area contributed by atoms with Crippen LogP contribution in [-0.2, 0) is 0 Å². The molecule has 4 nitrogen and oxygen atoms in total. The Morgan fingerprint density at radius 3 is 2.77 bits per heavy atom. The number of carbonyl (C=O) groups is 1. The first-order valence-electron chi connectivity index (χ1n) is 4.39. The van der Waals surface area contributed by atoms with Gasteiger partial charge >= 0.3 is 6.03 Å². The molecular weight excluding hydrogens is 186 g/mol. The Balaban J connectivity index is 2.23. The largest absolute Gasteiger partial charge is 0.393 e. The molecule has 1 heterocycles. The van der Waals surface area contributed by atoms with Gasteiger partial charge in [0.15, 0.2) is 0 Å². The van der Waals surface area contributed by atoms with Gasteiger partial charge in [0.1, 0.15) is 0 Å². The molecule has 0 unspecified atom stereocenters. The van der Waals surface area contributed by atoms with Gasteiger partial charge in [-0.15, -0.1) is 0 Å². The number of nitrogens with two attached hydrogens (primary N) is 1. The lowest BCUT2D eigenvalue weighted by molar-refractivity contribution is 0.198. The van der Waals surface area contributed by atoms with Crippen LogP contribution in [0.25, 0.3) is 0 Å². The fraction of sp³-hybridized carbons (Fsp3) is 0.750. The van der Waals surface area contributed by atoms with Gasteiger partial charge in [0.05, 0.1) is 4.99 Å². The van der Waals surface area contributed by atoms with Crippen LogP contribution in [0.4, 0.5) is 4.79 Å². The van der Waals surface area contributed by atoms with Crippen LogP contribution in [0, 0.1) is 0 Å². The molecule has 0 aromatic heterocycles. The summed E-state index contributed by atoms with van der Waals surface area (Å²) in [4.78, 5) is 15.5. The Hall–Kier alpha value is -0.840. The standard InChI is InChI=1S/C8H15N3OS/c1-10-5-6-11(8(10)12)4-2-3-7(9)13/h2-6H2,1H3,(H2,9,13). The summed E-state index contributed by atoms with van der Waals surface area (Å²) in [7, 11) is 1.82. The molecule has 13 heavy (non-hydrogen) atoms. The van der Waals surface area contributed by atoms with Crippen LogP contribution in [0.3, 0.4) is 0 Å². The van der Waals surface area contributed by atoms with E-state index >= 15 is 0 Å². The Bertz CT molecular complexity index is 219. The monoisotopic (exact) mass is 201 g/mol. The van der Waals surface area contributed by atoms with E-state index in [9.17, 15) is 4.79 Å². The number of hydrogen-bond acceptors (Lipinski definition) is 2. The number of amides is 2. The Morgan fingerprint density at radius 1 is 1.62 bits per heavy atom. The molecule has 0 atom stereocenters. The van der Waals surface area contributed by atoms with Crippen molar-refractivity contribution in [2.24, 2.45) is 5.73 Å². The van der Waals surface area contributed by atoms with Gasteiger partial charge in [-0.3, -0.25) is 0 Å². The van der Waals surface area contributed by atoms with Crippen LogP contribution in [-0.4, -0.2) is 47.5 Å². The number of rotatable bonds is 4. The first-order valence-corrected chi connectivity index (χ1v) is 4.80. The maximum absolute atomic E-state index is 11.4. The number of urea groups is 1. The molecule has 1 aliphatic heterocycles. The highest BCUT2D eigenvalue weighted by Gasteiger charge is 2.24. The lowest BCUT2D eigenvalue weighted by Crippen LogP contribution is -2.30. The molecule has 0 aliphatic carbocycles. The van der Waals surface area contributed by atoms with E-state index in [0.717, 1.165) is 32.5 Å². The third kappa shape index (κ3) is 2.84. The number of thiocarbonyl (C=S) groups is 1. The summed E-state index contributed by atoms with van der Waals surface area (Å²) in [6, 6.07) is 0.114. The smallest absolute Gasteiger partial charge is 0.319 e. The zero-order valence-electron chi connectivity index (χ0n) is 7.82. The molecular formula is C8H15N3OS. The molecule has 1 aliphatic rings. The fourth-order valence-corrected chi connectivity index (χ4v) is 1.50. The average Bonchev–Trinajstić information content (AvgIpc) is 2.35.